The van der Waals surface area contributed by atoms with Crippen molar-refractivity contribution in [1.29, 1.82) is 0 Å². The van der Waals surface area contributed by atoms with Gasteiger partial charge in [0.05, 0.1) is 5.39 Å². The zero-order valence-electron chi connectivity index (χ0n) is 12.9. The van der Waals surface area contributed by atoms with Gasteiger partial charge in [0.15, 0.2) is 5.69 Å². The maximum absolute atomic E-state index is 11.7. The van der Waals surface area contributed by atoms with Gasteiger partial charge >= 0.3 is 0 Å². The Labute approximate surface area is 144 Å². The van der Waals surface area contributed by atoms with E-state index >= 15 is 0 Å². The minimum Gasteiger partial charge on any atom is -0.595 e. The molecule has 24 heavy (non-hydrogen) atoms. The molecule has 3 aromatic carbocycles. The lowest BCUT2D eigenvalue weighted by Crippen LogP contribution is -2.99. The van der Waals surface area contributed by atoms with Crippen LogP contribution in [0.1, 0.15) is 22.3 Å². The molecule has 0 saturated heterocycles. The van der Waals surface area contributed by atoms with Crippen LogP contribution in [0.3, 0.4) is 0 Å². The summed E-state index contributed by atoms with van der Waals surface area (Å²) in [6, 6.07) is 17.4. The molecule has 0 heterocycles. The van der Waals surface area contributed by atoms with E-state index in [0.717, 1.165) is 34.7 Å². The maximum atomic E-state index is 11.7. The molecule has 120 valence electrons. The van der Waals surface area contributed by atoms with E-state index in [9.17, 15) is 10.4 Å². The summed E-state index contributed by atoms with van der Waals surface area (Å²) in [6.45, 7) is 0. The van der Waals surface area contributed by atoms with E-state index in [-0.39, 0.29) is 0 Å². The number of rotatable bonds is 3. The monoisotopic (exact) mass is 337 g/mol. The summed E-state index contributed by atoms with van der Waals surface area (Å²) in [7, 11) is 0. The number of aryl methyl sites for hydroxylation is 2. The molecule has 1 atom stereocenters. The molecule has 3 aromatic rings. The molecule has 0 bridgehead atoms. The number of benzene rings is 3. The van der Waals surface area contributed by atoms with Gasteiger partial charge in [0.1, 0.15) is 0 Å². The van der Waals surface area contributed by atoms with Gasteiger partial charge < -0.3 is 5.21 Å². The predicted octanol–water partition coefficient (Wildman–Crippen LogP) is 4.08. The molecule has 0 aromatic heterocycles. The molecular formula is C20H16ClNO2. The highest BCUT2D eigenvalue weighted by molar-refractivity contribution is 6.52. The van der Waals surface area contributed by atoms with E-state index in [1.807, 2.05) is 48.5 Å². The first-order valence-electron chi connectivity index (χ1n) is 7.88. The Bertz CT molecular complexity index is 939. The topological polar surface area (TPSA) is 47.7 Å². The van der Waals surface area contributed by atoms with E-state index in [1.54, 1.807) is 6.07 Å². The third kappa shape index (κ3) is 2.52. The Morgan fingerprint density at radius 1 is 0.958 bits per heavy atom. The zero-order valence-corrected chi connectivity index (χ0v) is 13.7. The van der Waals surface area contributed by atoms with Crippen molar-refractivity contribution in [3.63, 3.8) is 0 Å². The van der Waals surface area contributed by atoms with Crippen molar-refractivity contribution in [2.24, 2.45) is 0 Å². The van der Waals surface area contributed by atoms with E-state index in [1.165, 1.54) is 11.1 Å². The van der Waals surface area contributed by atoms with Crippen LogP contribution in [-0.2, 0) is 12.8 Å². The number of nitrogens with one attached hydrogen (secondary N) is 1. The van der Waals surface area contributed by atoms with Crippen LogP contribution in [-0.4, -0.2) is 5.21 Å². The summed E-state index contributed by atoms with van der Waals surface area (Å²) in [6.07, 6.45) is 3.79. The minimum absolute atomic E-state index is 0.312. The molecule has 0 amide bonds. The molecule has 4 rings (SSSR count). The molecule has 1 aliphatic rings. The highest BCUT2D eigenvalue weighted by Gasteiger charge is 2.22. The van der Waals surface area contributed by atoms with Crippen LogP contribution in [0.25, 0.3) is 21.9 Å². The molecule has 3 nitrogen and oxygen atoms in total. The van der Waals surface area contributed by atoms with Gasteiger partial charge in [0, 0.05) is 16.7 Å². The van der Waals surface area contributed by atoms with Crippen LogP contribution in [0, 0.1) is 5.21 Å². The number of halogens is 1. The first-order valence-corrected chi connectivity index (χ1v) is 8.26. The Kier molecular flexibility index (Phi) is 3.87. The fourth-order valence-corrected chi connectivity index (χ4v) is 3.76. The third-order valence-electron chi connectivity index (χ3n) is 4.58. The van der Waals surface area contributed by atoms with Gasteiger partial charge in [-0.15, -0.1) is 0 Å². The first kappa shape index (κ1) is 15.4. The van der Waals surface area contributed by atoms with Gasteiger partial charge in [-0.3, -0.25) is 0 Å². The van der Waals surface area contributed by atoms with Crippen molar-refractivity contribution >= 4 is 39.2 Å². The Morgan fingerprint density at radius 3 is 2.29 bits per heavy atom. The molecule has 0 radical (unpaired) electrons. The van der Waals surface area contributed by atoms with Gasteiger partial charge in [0.25, 0.3) is 0 Å². The quantitative estimate of drug-likeness (QED) is 0.559. The molecule has 4 heteroatoms. The standard InChI is InChI=1S/C20H16ClNO2/c21-17(12-13-4-2-1-3-5-13)16-10-8-14-6-7-15-9-11-18(22(23)24)20(16)19(14)15/h1-5,8-12,22-23H,6-7H2. The lowest BCUT2D eigenvalue weighted by Gasteiger charge is -2.17. The average molecular weight is 338 g/mol. The number of hydrogen-bond acceptors (Lipinski definition) is 2. The fourth-order valence-electron chi connectivity index (χ4n) is 3.48. The summed E-state index contributed by atoms with van der Waals surface area (Å²) < 4.78 is 0. The van der Waals surface area contributed by atoms with Crippen LogP contribution in [0.4, 0.5) is 5.69 Å². The summed E-state index contributed by atoms with van der Waals surface area (Å²) >= 11 is 6.59. The largest absolute Gasteiger partial charge is 0.595 e. The van der Waals surface area contributed by atoms with E-state index in [4.69, 9.17) is 11.6 Å². The second-order valence-corrected chi connectivity index (χ2v) is 6.41. The zero-order chi connectivity index (χ0) is 16.7. The molecule has 0 saturated carbocycles. The minimum atomic E-state index is -0.920. The lowest BCUT2D eigenvalue weighted by atomic mass is 9.97. The summed E-state index contributed by atoms with van der Waals surface area (Å²) in [5.74, 6) is 0. The Morgan fingerprint density at radius 2 is 1.62 bits per heavy atom. The van der Waals surface area contributed by atoms with Crippen molar-refractivity contribution in [1.82, 2.24) is 0 Å². The molecular weight excluding hydrogens is 322 g/mol. The van der Waals surface area contributed by atoms with Crippen molar-refractivity contribution < 1.29 is 10.4 Å². The Balaban J connectivity index is 1.98. The molecule has 0 aliphatic heterocycles. The molecule has 0 fully saturated rings. The highest BCUT2D eigenvalue weighted by atomic mass is 35.5. The molecule has 1 unspecified atom stereocenters. The van der Waals surface area contributed by atoms with Gasteiger partial charge in [-0.05, 0) is 41.0 Å². The van der Waals surface area contributed by atoms with Crippen LogP contribution < -0.4 is 5.23 Å². The van der Waals surface area contributed by atoms with E-state index < -0.39 is 5.23 Å². The van der Waals surface area contributed by atoms with Crippen LogP contribution in [0.5, 0.6) is 0 Å². The van der Waals surface area contributed by atoms with Gasteiger partial charge in [-0.1, -0.05) is 60.1 Å². The number of quaternary nitrogens is 1. The van der Waals surface area contributed by atoms with Crippen molar-refractivity contribution in [3.05, 3.63) is 82.1 Å². The predicted molar refractivity (Wildman–Crippen MR) is 97.3 cm³/mol. The first-order chi connectivity index (χ1) is 11.6. The van der Waals surface area contributed by atoms with Crippen LogP contribution in [0.2, 0.25) is 0 Å². The van der Waals surface area contributed by atoms with Gasteiger partial charge in [0.2, 0.25) is 0 Å². The van der Waals surface area contributed by atoms with Crippen LogP contribution >= 0.6 is 11.6 Å². The second-order valence-electron chi connectivity index (χ2n) is 6.00. The molecule has 1 aliphatic carbocycles. The SMILES string of the molecule is [O-][NH+](O)c1ccc2c3c(ccc(C(Cl)=Cc4ccccc4)c13)CC2. The summed E-state index contributed by atoms with van der Waals surface area (Å²) in [5.41, 5.74) is 4.49. The molecule has 2 N–H and O–H groups in total. The normalized spacial score (nSPS) is 15.0. The maximum Gasteiger partial charge on any atom is 0.172 e. The van der Waals surface area contributed by atoms with Crippen molar-refractivity contribution in [3.8, 4) is 0 Å². The third-order valence-corrected chi connectivity index (χ3v) is 4.89. The number of hydrogen-bond donors (Lipinski definition) is 2. The lowest BCUT2D eigenvalue weighted by molar-refractivity contribution is -0.990. The van der Waals surface area contributed by atoms with E-state index in [2.05, 4.69) is 6.07 Å². The smallest absolute Gasteiger partial charge is 0.172 e. The van der Waals surface area contributed by atoms with Gasteiger partial charge in [-0.2, -0.15) is 5.23 Å². The van der Waals surface area contributed by atoms with Crippen molar-refractivity contribution in [2.75, 3.05) is 0 Å². The molecule has 0 spiro atoms. The second kappa shape index (κ2) is 6.04. The average Bonchev–Trinajstić information content (AvgIpc) is 3.01. The fraction of sp³-hybridized carbons (Fsp3) is 0.100. The van der Waals surface area contributed by atoms with E-state index in [0.29, 0.717) is 10.7 Å². The highest BCUT2D eigenvalue weighted by Crippen LogP contribution is 2.39. The summed E-state index contributed by atoms with van der Waals surface area (Å²) in [4.78, 5) is 0. The summed E-state index contributed by atoms with van der Waals surface area (Å²) in [5, 5.41) is 22.8. The van der Waals surface area contributed by atoms with Crippen molar-refractivity contribution in [2.45, 2.75) is 12.8 Å². The van der Waals surface area contributed by atoms with Crippen LogP contribution in [0.15, 0.2) is 54.6 Å². The van der Waals surface area contributed by atoms with Gasteiger partial charge in [-0.25, -0.2) is 5.21 Å². The Hall–Kier alpha value is -2.17.